The summed E-state index contributed by atoms with van der Waals surface area (Å²) in [5.74, 6) is 0. The number of aryl methyl sites for hydroxylation is 1. The maximum absolute atomic E-state index is 14.0. The third kappa shape index (κ3) is 9.36. The summed E-state index contributed by atoms with van der Waals surface area (Å²) in [4.78, 5) is 17.2. The molecule has 1 amide bonds. The Balaban J connectivity index is 1.55. The van der Waals surface area contributed by atoms with Crippen molar-refractivity contribution in [2.75, 3.05) is 13.1 Å². The van der Waals surface area contributed by atoms with E-state index in [2.05, 4.69) is 32.3 Å². The molecule has 0 spiro atoms. The molecule has 4 aromatic rings. The zero-order chi connectivity index (χ0) is 29.5. The molecule has 0 aliphatic carbocycles. The van der Waals surface area contributed by atoms with Crippen molar-refractivity contribution in [2.45, 2.75) is 63.0 Å². The molecule has 0 aliphatic rings. The summed E-state index contributed by atoms with van der Waals surface area (Å²) >= 11 is 4.93. The van der Waals surface area contributed by atoms with Gasteiger partial charge in [-0.25, -0.2) is 18.2 Å². The van der Waals surface area contributed by atoms with Crippen molar-refractivity contribution in [3.8, 4) is 0 Å². The number of rotatable bonds is 12. The van der Waals surface area contributed by atoms with Gasteiger partial charge in [0.15, 0.2) is 0 Å². The first-order valence-electron chi connectivity index (χ1n) is 13.6. The van der Waals surface area contributed by atoms with E-state index in [-0.39, 0.29) is 17.5 Å². The Hall–Kier alpha value is -2.79. The number of nitrogens with zero attached hydrogens (tertiary/aromatic N) is 2. The van der Waals surface area contributed by atoms with E-state index in [9.17, 15) is 13.2 Å². The molecule has 0 radical (unpaired) electrons. The summed E-state index contributed by atoms with van der Waals surface area (Å²) in [6.07, 6.45) is 1.86. The van der Waals surface area contributed by atoms with Crippen molar-refractivity contribution in [1.29, 1.82) is 0 Å². The van der Waals surface area contributed by atoms with Crippen LogP contribution in [-0.4, -0.2) is 48.5 Å². The lowest BCUT2D eigenvalue weighted by atomic mass is 10.0. The number of nitrogens with one attached hydrogen (secondary N) is 1. The maximum Gasteiger partial charge on any atom is 0.407 e. The second-order valence-electron chi connectivity index (χ2n) is 10.9. The molecule has 1 heterocycles. The highest BCUT2D eigenvalue weighted by Crippen LogP contribution is 2.25. The van der Waals surface area contributed by atoms with Crippen molar-refractivity contribution in [2.24, 2.45) is 0 Å². The minimum atomic E-state index is -3.80. The Morgan fingerprint density at radius 3 is 2.51 bits per heavy atom. The van der Waals surface area contributed by atoms with Gasteiger partial charge in [-0.1, -0.05) is 58.4 Å². The highest BCUT2D eigenvalue weighted by molar-refractivity contribution is 9.10. The molecular formula is C31H36BrN3O4S2. The molecule has 41 heavy (non-hydrogen) atoms. The quantitative estimate of drug-likeness (QED) is 0.174. The van der Waals surface area contributed by atoms with Crippen LogP contribution < -0.4 is 5.32 Å². The predicted molar refractivity (Wildman–Crippen MR) is 169 cm³/mol. The van der Waals surface area contributed by atoms with Gasteiger partial charge in [0, 0.05) is 23.6 Å². The van der Waals surface area contributed by atoms with Crippen molar-refractivity contribution in [3.63, 3.8) is 0 Å². The summed E-state index contributed by atoms with van der Waals surface area (Å²) in [7, 11) is -3.80. The van der Waals surface area contributed by atoms with Gasteiger partial charge in [0.1, 0.15) is 5.60 Å². The Kier molecular flexibility index (Phi) is 10.6. The number of amides is 1. The molecule has 10 heteroatoms. The number of carbonyl (C=O) groups is 1. The molecular weight excluding hydrogens is 622 g/mol. The fourth-order valence-electron chi connectivity index (χ4n) is 4.55. The van der Waals surface area contributed by atoms with Crippen LogP contribution in [0.4, 0.5) is 4.79 Å². The van der Waals surface area contributed by atoms with Gasteiger partial charge in [0.2, 0.25) is 10.0 Å². The molecule has 0 saturated heterocycles. The average molecular weight is 659 g/mol. The summed E-state index contributed by atoms with van der Waals surface area (Å²) in [6.45, 7) is 6.05. The van der Waals surface area contributed by atoms with Crippen LogP contribution in [0.15, 0.2) is 87.7 Å². The van der Waals surface area contributed by atoms with Crippen LogP contribution in [0.25, 0.3) is 10.2 Å². The van der Waals surface area contributed by atoms with E-state index in [0.717, 1.165) is 32.2 Å². The monoisotopic (exact) mass is 657 g/mol. The SMILES string of the molecule is CC(C)(C)OC(=O)N[C@H](CCN(CCCc1cccc(Br)c1)S(=O)(=O)c1ccc2ncsc2c1)Cc1ccccc1. The molecule has 3 aromatic carbocycles. The van der Waals surface area contributed by atoms with Gasteiger partial charge in [-0.3, -0.25) is 0 Å². The number of hydrogen-bond donors (Lipinski definition) is 1. The van der Waals surface area contributed by atoms with Crippen LogP contribution in [0.1, 0.15) is 44.7 Å². The number of thiazole rings is 1. The van der Waals surface area contributed by atoms with Crippen LogP contribution in [0, 0.1) is 0 Å². The molecule has 0 aliphatic heterocycles. The Morgan fingerprint density at radius 1 is 1.02 bits per heavy atom. The van der Waals surface area contributed by atoms with Crippen LogP contribution in [0.3, 0.4) is 0 Å². The standard InChI is InChI=1S/C31H36BrN3O4S2/c1-31(2,3)39-30(36)34-26(20-24-9-5-4-6-10-24)16-18-35(17-8-12-23-11-7-13-25(32)19-23)41(37,38)27-14-15-28-29(21-27)40-22-33-28/h4-7,9-11,13-15,19,21-22,26H,8,12,16-18,20H2,1-3H3,(H,34,36)/t26-/m1/s1. The summed E-state index contributed by atoms with van der Waals surface area (Å²) in [5, 5.41) is 2.98. The molecule has 0 fully saturated rings. The number of ether oxygens (including phenoxy) is 1. The summed E-state index contributed by atoms with van der Waals surface area (Å²) < 4.78 is 36.8. The molecule has 4 rings (SSSR count). The number of sulfonamides is 1. The number of halogens is 1. The fraction of sp³-hybridized carbons (Fsp3) is 0.355. The van der Waals surface area contributed by atoms with E-state index in [4.69, 9.17) is 4.74 Å². The minimum absolute atomic E-state index is 0.245. The molecule has 1 atom stereocenters. The average Bonchev–Trinajstić information content (AvgIpc) is 3.38. The second-order valence-corrected chi connectivity index (χ2v) is 14.7. The Morgan fingerprint density at radius 2 is 1.78 bits per heavy atom. The topological polar surface area (TPSA) is 88.6 Å². The van der Waals surface area contributed by atoms with Crippen LogP contribution in [0.5, 0.6) is 0 Å². The van der Waals surface area contributed by atoms with E-state index in [1.165, 1.54) is 11.3 Å². The van der Waals surface area contributed by atoms with Gasteiger partial charge in [-0.05, 0) is 87.9 Å². The summed E-state index contributed by atoms with van der Waals surface area (Å²) in [5.41, 5.74) is 4.04. The van der Waals surface area contributed by atoms with Crippen molar-refractivity contribution in [3.05, 3.63) is 93.9 Å². The Labute approximate surface area is 255 Å². The van der Waals surface area contributed by atoms with E-state index < -0.39 is 21.7 Å². The number of alkyl carbamates (subject to hydrolysis) is 1. The van der Waals surface area contributed by atoms with Gasteiger partial charge in [-0.2, -0.15) is 4.31 Å². The van der Waals surface area contributed by atoms with E-state index in [1.807, 2.05) is 69.3 Å². The highest BCUT2D eigenvalue weighted by atomic mass is 79.9. The van der Waals surface area contributed by atoms with E-state index in [1.54, 1.807) is 28.0 Å². The zero-order valence-electron chi connectivity index (χ0n) is 23.5. The van der Waals surface area contributed by atoms with Gasteiger partial charge in [-0.15, -0.1) is 11.3 Å². The number of aromatic nitrogens is 1. The molecule has 1 aromatic heterocycles. The van der Waals surface area contributed by atoms with E-state index in [0.29, 0.717) is 25.8 Å². The van der Waals surface area contributed by atoms with Crippen molar-refractivity contribution >= 4 is 53.6 Å². The smallest absolute Gasteiger partial charge is 0.407 e. The van der Waals surface area contributed by atoms with Crippen molar-refractivity contribution in [1.82, 2.24) is 14.6 Å². The van der Waals surface area contributed by atoms with Gasteiger partial charge >= 0.3 is 6.09 Å². The molecule has 0 bridgehead atoms. The summed E-state index contributed by atoms with van der Waals surface area (Å²) in [6, 6.07) is 22.7. The zero-order valence-corrected chi connectivity index (χ0v) is 26.8. The first-order valence-corrected chi connectivity index (χ1v) is 16.7. The molecule has 0 saturated carbocycles. The van der Waals surface area contributed by atoms with Crippen LogP contribution >= 0.6 is 27.3 Å². The normalized spacial score (nSPS) is 12.9. The number of fused-ring (bicyclic) bond motifs is 1. The Bertz CT molecular complexity index is 1550. The minimum Gasteiger partial charge on any atom is -0.444 e. The fourth-order valence-corrected chi connectivity index (χ4v) is 7.30. The van der Waals surface area contributed by atoms with Crippen molar-refractivity contribution < 1.29 is 17.9 Å². The third-order valence-corrected chi connectivity index (χ3v) is 9.65. The second kappa shape index (κ2) is 13.9. The van der Waals surface area contributed by atoms with Crippen LogP contribution in [-0.2, 0) is 27.6 Å². The lowest BCUT2D eigenvalue weighted by molar-refractivity contribution is 0.0500. The third-order valence-electron chi connectivity index (χ3n) is 6.48. The van der Waals surface area contributed by atoms with Gasteiger partial charge in [0.25, 0.3) is 0 Å². The lowest BCUT2D eigenvalue weighted by Gasteiger charge is -2.27. The first-order chi connectivity index (χ1) is 19.5. The highest BCUT2D eigenvalue weighted by Gasteiger charge is 2.27. The first kappa shape index (κ1) is 31.2. The number of benzene rings is 3. The van der Waals surface area contributed by atoms with E-state index >= 15 is 0 Å². The predicted octanol–water partition coefficient (Wildman–Crippen LogP) is 7.21. The molecule has 218 valence electrons. The molecule has 1 N–H and O–H groups in total. The lowest BCUT2D eigenvalue weighted by Crippen LogP contribution is -2.43. The maximum atomic E-state index is 14.0. The molecule has 7 nitrogen and oxygen atoms in total. The largest absolute Gasteiger partial charge is 0.444 e. The van der Waals surface area contributed by atoms with Gasteiger partial charge in [0.05, 0.1) is 20.6 Å². The number of hydrogen-bond acceptors (Lipinski definition) is 6. The molecule has 0 unspecified atom stereocenters. The van der Waals surface area contributed by atoms with Gasteiger partial charge < -0.3 is 10.1 Å². The van der Waals surface area contributed by atoms with Crippen LogP contribution in [0.2, 0.25) is 0 Å². The number of carbonyl (C=O) groups excluding carboxylic acids is 1.